The Bertz CT molecular complexity index is 462. The van der Waals surface area contributed by atoms with Crippen molar-refractivity contribution in [3.05, 3.63) is 18.1 Å². The molecule has 2 aliphatic rings. The molecule has 0 radical (unpaired) electrons. The highest BCUT2D eigenvalue weighted by molar-refractivity contribution is 5.39. The van der Waals surface area contributed by atoms with Gasteiger partial charge in [0.25, 0.3) is 0 Å². The van der Waals surface area contributed by atoms with Crippen LogP contribution in [0.25, 0.3) is 0 Å². The largest absolute Gasteiger partial charge is 0.356 e. The maximum absolute atomic E-state index is 4.43. The third-order valence-corrected chi connectivity index (χ3v) is 5.50. The standard InChI is InChI=1S/C18H30N4/c1-15-12-18(20-14-19-15)21(2)17-8-10-22(11-9-17)13-16-6-4-3-5-7-16/h12,14,16-17H,3-11,13H2,1-2H3. The van der Waals surface area contributed by atoms with Crippen LogP contribution in [0, 0.1) is 12.8 Å². The molecule has 22 heavy (non-hydrogen) atoms. The van der Waals surface area contributed by atoms with Gasteiger partial charge in [-0.1, -0.05) is 19.3 Å². The summed E-state index contributed by atoms with van der Waals surface area (Å²) in [4.78, 5) is 13.7. The van der Waals surface area contributed by atoms with Gasteiger partial charge in [0.15, 0.2) is 0 Å². The van der Waals surface area contributed by atoms with Crippen LogP contribution in [-0.4, -0.2) is 47.6 Å². The van der Waals surface area contributed by atoms with E-state index in [9.17, 15) is 0 Å². The Morgan fingerprint density at radius 1 is 1.09 bits per heavy atom. The van der Waals surface area contributed by atoms with Crippen molar-refractivity contribution in [3.8, 4) is 0 Å². The molecule has 3 rings (SSSR count). The first kappa shape index (κ1) is 15.7. The molecule has 0 aromatic carbocycles. The molecule has 0 spiro atoms. The minimum absolute atomic E-state index is 0.622. The summed E-state index contributed by atoms with van der Waals surface area (Å²) < 4.78 is 0. The Morgan fingerprint density at radius 3 is 2.50 bits per heavy atom. The lowest BCUT2D eigenvalue weighted by molar-refractivity contribution is 0.163. The Hall–Kier alpha value is -1.16. The summed E-state index contributed by atoms with van der Waals surface area (Å²) in [5, 5.41) is 0. The second kappa shape index (κ2) is 7.40. The third-order valence-electron chi connectivity index (χ3n) is 5.50. The predicted molar refractivity (Wildman–Crippen MR) is 91.2 cm³/mol. The maximum atomic E-state index is 4.43. The summed E-state index contributed by atoms with van der Waals surface area (Å²) in [6.07, 6.45) is 11.5. The van der Waals surface area contributed by atoms with Crippen molar-refractivity contribution in [1.82, 2.24) is 14.9 Å². The number of piperidine rings is 1. The minimum Gasteiger partial charge on any atom is -0.356 e. The van der Waals surface area contributed by atoms with E-state index in [4.69, 9.17) is 0 Å². The van der Waals surface area contributed by atoms with Crippen LogP contribution in [0.5, 0.6) is 0 Å². The molecular formula is C18H30N4. The van der Waals surface area contributed by atoms with Crippen LogP contribution in [0.3, 0.4) is 0 Å². The van der Waals surface area contributed by atoms with Gasteiger partial charge in [-0.15, -0.1) is 0 Å². The zero-order valence-electron chi connectivity index (χ0n) is 14.2. The normalized spacial score (nSPS) is 21.9. The molecule has 4 nitrogen and oxygen atoms in total. The Morgan fingerprint density at radius 2 is 1.82 bits per heavy atom. The van der Waals surface area contributed by atoms with Crippen LogP contribution in [0.1, 0.15) is 50.6 Å². The van der Waals surface area contributed by atoms with Gasteiger partial charge in [0, 0.05) is 44.5 Å². The van der Waals surface area contributed by atoms with E-state index < -0.39 is 0 Å². The zero-order valence-corrected chi connectivity index (χ0v) is 14.2. The highest BCUT2D eigenvalue weighted by Gasteiger charge is 2.25. The summed E-state index contributed by atoms with van der Waals surface area (Å²) in [5.74, 6) is 2.03. The van der Waals surface area contributed by atoms with E-state index >= 15 is 0 Å². The lowest BCUT2D eigenvalue weighted by Crippen LogP contribution is -2.45. The fourth-order valence-electron chi connectivity index (χ4n) is 4.04. The Kier molecular flexibility index (Phi) is 5.29. The number of rotatable bonds is 4. The van der Waals surface area contributed by atoms with Gasteiger partial charge in [-0.25, -0.2) is 9.97 Å². The van der Waals surface area contributed by atoms with E-state index in [1.165, 1.54) is 64.6 Å². The van der Waals surface area contributed by atoms with Crippen LogP contribution < -0.4 is 4.90 Å². The van der Waals surface area contributed by atoms with E-state index in [1.54, 1.807) is 6.33 Å². The van der Waals surface area contributed by atoms with Crippen molar-refractivity contribution in [2.24, 2.45) is 5.92 Å². The zero-order chi connectivity index (χ0) is 15.4. The number of anilines is 1. The topological polar surface area (TPSA) is 32.3 Å². The number of aromatic nitrogens is 2. The van der Waals surface area contributed by atoms with E-state index in [1.807, 2.05) is 6.92 Å². The van der Waals surface area contributed by atoms with Crippen molar-refractivity contribution < 1.29 is 0 Å². The molecule has 2 fully saturated rings. The first-order valence-electron chi connectivity index (χ1n) is 8.96. The number of nitrogens with zero attached hydrogens (tertiary/aromatic N) is 4. The molecule has 0 N–H and O–H groups in total. The highest BCUT2D eigenvalue weighted by atomic mass is 15.2. The predicted octanol–water partition coefficient (Wildman–Crippen LogP) is 3.27. The van der Waals surface area contributed by atoms with Crippen molar-refractivity contribution in [1.29, 1.82) is 0 Å². The van der Waals surface area contributed by atoms with E-state index in [0.29, 0.717) is 6.04 Å². The van der Waals surface area contributed by atoms with Gasteiger partial charge in [-0.2, -0.15) is 0 Å². The summed E-state index contributed by atoms with van der Waals surface area (Å²) >= 11 is 0. The third kappa shape index (κ3) is 3.97. The van der Waals surface area contributed by atoms with E-state index in [0.717, 1.165) is 17.4 Å². The molecular weight excluding hydrogens is 272 g/mol. The SMILES string of the molecule is Cc1cc(N(C)C2CCN(CC3CCCCC3)CC2)ncn1. The van der Waals surface area contributed by atoms with Crippen LogP contribution in [-0.2, 0) is 0 Å². The fourth-order valence-corrected chi connectivity index (χ4v) is 4.04. The molecule has 1 saturated carbocycles. The smallest absolute Gasteiger partial charge is 0.132 e. The molecule has 2 heterocycles. The molecule has 4 heteroatoms. The number of hydrogen-bond acceptors (Lipinski definition) is 4. The quantitative estimate of drug-likeness (QED) is 0.854. The van der Waals surface area contributed by atoms with Crippen LogP contribution in [0.4, 0.5) is 5.82 Å². The summed E-state index contributed by atoms with van der Waals surface area (Å²) in [6, 6.07) is 2.71. The molecule has 122 valence electrons. The first-order chi connectivity index (χ1) is 10.7. The summed E-state index contributed by atoms with van der Waals surface area (Å²) in [7, 11) is 2.18. The Labute approximate surface area is 134 Å². The maximum Gasteiger partial charge on any atom is 0.132 e. The molecule has 0 atom stereocenters. The second-order valence-electron chi connectivity index (χ2n) is 7.16. The molecule has 0 unspecified atom stereocenters. The van der Waals surface area contributed by atoms with Gasteiger partial charge in [-0.3, -0.25) is 0 Å². The molecule has 1 aromatic heterocycles. The fraction of sp³-hybridized carbons (Fsp3) is 0.778. The van der Waals surface area contributed by atoms with Gasteiger partial charge < -0.3 is 9.80 Å². The Balaban J connectivity index is 1.48. The average Bonchev–Trinajstić information content (AvgIpc) is 2.56. The molecule has 1 aromatic rings. The van der Waals surface area contributed by atoms with Gasteiger partial charge >= 0.3 is 0 Å². The van der Waals surface area contributed by atoms with Crippen LogP contribution >= 0.6 is 0 Å². The van der Waals surface area contributed by atoms with Gasteiger partial charge in [0.2, 0.25) is 0 Å². The molecule has 1 aliphatic carbocycles. The molecule has 1 aliphatic heterocycles. The van der Waals surface area contributed by atoms with Crippen molar-refractivity contribution >= 4 is 5.82 Å². The molecule has 0 bridgehead atoms. The monoisotopic (exact) mass is 302 g/mol. The van der Waals surface area contributed by atoms with Crippen molar-refractivity contribution in [2.75, 3.05) is 31.6 Å². The lowest BCUT2D eigenvalue weighted by atomic mass is 9.88. The summed E-state index contributed by atoms with van der Waals surface area (Å²) in [5.41, 5.74) is 1.05. The second-order valence-corrected chi connectivity index (χ2v) is 7.16. The lowest BCUT2D eigenvalue weighted by Gasteiger charge is -2.39. The van der Waals surface area contributed by atoms with Gasteiger partial charge in [0.1, 0.15) is 12.1 Å². The number of likely N-dealkylation sites (tertiary alicyclic amines) is 1. The number of hydrogen-bond donors (Lipinski definition) is 0. The van der Waals surface area contributed by atoms with Gasteiger partial charge in [-0.05, 0) is 38.5 Å². The van der Waals surface area contributed by atoms with Crippen molar-refractivity contribution in [2.45, 2.75) is 57.9 Å². The minimum atomic E-state index is 0.622. The summed E-state index contributed by atoms with van der Waals surface area (Å²) in [6.45, 7) is 5.86. The van der Waals surface area contributed by atoms with Crippen LogP contribution in [0.2, 0.25) is 0 Å². The van der Waals surface area contributed by atoms with Gasteiger partial charge in [0.05, 0.1) is 0 Å². The number of aryl methyl sites for hydroxylation is 1. The highest BCUT2D eigenvalue weighted by Crippen LogP contribution is 2.26. The molecule has 1 saturated heterocycles. The van der Waals surface area contributed by atoms with E-state index in [-0.39, 0.29) is 0 Å². The van der Waals surface area contributed by atoms with Crippen molar-refractivity contribution in [3.63, 3.8) is 0 Å². The van der Waals surface area contributed by atoms with E-state index in [2.05, 4.69) is 32.9 Å². The molecule has 0 amide bonds. The average molecular weight is 302 g/mol. The van der Waals surface area contributed by atoms with Crippen LogP contribution in [0.15, 0.2) is 12.4 Å². The first-order valence-corrected chi connectivity index (χ1v) is 8.96.